The molecular weight excluding hydrogens is 172 g/mol. The van der Waals surface area contributed by atoms with Crippen molar-refractivity contribution >= 4 is 0 Å². The number of hydrogen-bond donors (Lipinski definition) is 0. The Labute approximate surface area is 66.8 Å². The van der Waals surface area contributed by atoms with Gasteiger partial charge in [0.1, 0.15) is 0 Å². The fourth-order valence-corrected chi connectivity index (χ4v) is 0.842. The largest absolute Gasteiger partial charge is 0.204 e. The Morgan fingerprint density at radius 3 is 1.75 bits per heavy atom. The first-order valence-electron chi connectivity index (χ1n) is 3.19. The first-order chi connectivity index (χ1) is 5.57. The molecule has 0 aromatic heterocycles. The van der Waals surface area contributed by atoms with E-state index >= 15 is 0 Å². The smallest absolute Gasteiger partial charge is 0.165 e. The molecular formula is C8H5F4. The van der Waals surface area contributed by atoms with Crippen molar-refractivity contribution in [2.24, 2.45) is 0 Å². The van der Waals surface area contributed by atoms with Gasteiger partial charge in [0, 0.05) is 11.6 Å². The van der Waals surface area contributed by atoms with Crippen LogP contribution in [0.5, 0.6) is 0 Å². The van der Waals surface area contributed by atoms with Gasteiger partial charge in [-0.2, -0.15) is 0 Å². The second-order valence-corrected chi connectivity index (χ2v) is 2.20. The molecule has 1 rings (SSSR count). The summed E-state index contributed by atoms with van der Waals surface area (Å²) < 4.78 is 50.0. The van der Waals surface area contributed by atoms with Gasteiger partial charge < -0.3 is 0 Å². The first kappa shape index (κ1) is 9.03. The van der Waals surface area contributed by atoms with E-state index in [1.165, 1.54) is 0 Å². The lowest BCUT2D eigenvalue weighted by molar-refractivity contribution is 0.442. The van der Waals surface area contributed by atoms with Crippen LogP contribution in [0, 0.1) is 30.2 Å². The lowest BCUT2D eigenvalue weighted by atomic mass is 10.1. The quantitative estimate of drug-likeness (QED) is 0.457. The molecule has 12 heavy (non-hydrogen) atoms. The highest BCUT2D eigenvalue weighted by molar-refractivity contribution is 5.23. The zero-order valence-electron chi connectivity index (χ0n) is 6.00. The summed E-state index contributed by atoms with van der Waals surface area (Å²) in [6, 6.07) is 0.170. The van der Waals surface area contributed by atoms with Crippen LogP contribution in [0.2, 0.25) is 0 Å². The number of benzene rings is 1. The minimum atomic E-state index is -1.40. The van der Waals surface area contributed by atoms with E-state index in [0.717, 1.165) is 0 Å². The van der Waals surface area contributed by atoms with Crippen LogP contribution in [-0.2, 0) is 6.42 Å². The minimum absolute atomic E-state index is 0.170. The van der Waals surface area contributed by atoms with Gasteiger partial charge in [0.25, 0.3) is 0 Å². The summed E-state index contributed by atoms with van der Waals surface area (Å²) in [5, 5.41) is 0. The van der Waals surface area contributed by atoms with E-state index in [-0.39, 0.29) is 12.5 Å². The second-order valence-electron chi connectivity index (χ2n) is 2.20. The molecule has 0 N–H and O–H groups in total. The van der Waals surface area contributed by atoms with E-state index in [9.17, 15) is 17.6 Å². The topological polar surface area (TPSA) is 0 Å². The predicted molar refractivity (Wildman–Crippen MR) is 35.3 cm³/mol. The molecule has 0 aliphatic carbocycles. The van der Waals surface area contributed by atoms with Crippen LogP contribution in [0.3, 0.4) is 0 Å². The Morgan fingerprint density at radius 1 is 1.00 bits per heavy atom. The Hall–Kier alpha value is -1.06. The maximum atomic E-state index is 12.6. The van der Waals surface area contributed by atoms with Crippen LogP contribution in [0.15, 0.2) is 6.07 Å². The lowest BCUT2D eigenvalue weighted by Gasteiger charge is -2.02. The van der Waals surface area contributed by atoms with Gasteiger partial charge in [0.05, 0.1) is 0 Å². The van der Waals surface area contributed by atoms with Gasteiger partial charge in [-0.15, -0.1) is 0 Å². The molecule has 0 heterocycles. The molecule has 65 valence electrons. The third-order valence-electron chi connectivity index (χ3n) is 1.45. The molecule has 0 spiro atoms. The zero-order chi connectivity index (χ0) is 9.30. The predicted octanol–water partition coefficient (Wildman–Crippen LogP) is 2.62. The normalized spacial score (nSPS) is 10.4. The fourth-order valence-electron chi connectivity index (χ4n) is 0.842. The Kier molecular flexibility index (Phi) is 2.35. The van der Waals surface area contributed by atoms with Crippen LogP contribution < -0.4 is 0 Å². The molecule has 1 aromatic rings. The van der Waals surface area contributed by atoms with Crippen molar-refractivity contribution in [1.82, 2.24) is 0 Å². The summed E-state index contributed by atoms with van der Waals surface area (Å²) in [5.41, 5.74) is -0.660. The monoisotopic (exact) mass is 177 g/mol. The highest BCUT2D eigenvalue weighted by Gasteiger charge is 2.16. The molecule has 0 aliphatic rings. The summed E-state index contributed by atoms with van der Waals surface area (Å²) in [6.07, 6.45) is -0.327. The molecule has 4 heteroatoms. The Balaban J connectivity index is 3.42. The molecule has 1 aromatic carbocycles. The number of halogens is 4. The molecule has 0 saturated heterocycles. The number of rotatable bonds is 1. The van der Waals surface area contributed by atoms with Crippen molar-refractivity contribution in [2.45, 2.75) is 6.42 Å². The van der Waals surface area contributed by atoms with Gasteiger partial charge in [0.15, 0.2) is 23.3 Å². The molecule has 0 atom stereocenters. The highest BCUT2D eigenvalue weighted by Crippen LogP contribution is 2.19. The van der Waals surface area contributed by atoms with E-state index < -0.39 is 28.8 Å². The summed E-state index contributed by atoms with van der Waals surface area (Å²) in [4.78, 5) is 0. The fraction of sp³-hybridized carbons (Fsp3) is 0.125. The summed E-state index contributed by atoms with van der Waals surface area (Å²) in [6.45, 7) is 3.15. The molecule has 0 nitrogen and oxygen atoms in total. The average molecular weight is 177 g/mol. The van der Waals surface area contributed by atoms with Crippen LogP contribution in [0.25, 0.3) is 0 Å². The van der Waals surface area contributed by atoms with E-state index in [1.54, 1.807) is 0 Å². The standard InChI is InChI=1S/C8H5F4/c1-2-4-7(11)5(9)3-6(10)8(4)12/h3H,1-2H2. The second kappa shape index (κ2) is 3.13. The minimum Gasteiger partial charge on any atom is -0.204 e. The van der Waals surface area contributed by atoms with Crippen LogP contribution in [-0.4, -0.2) is 0 Å². The van der Waals surface area contributed by atoms with E-state index in [1.807, 2.05) is 0 Å². The van der Waals surface area contributed by atoms with Crippen molar-refractivity contribution < 1.29 is 17.6 Å². The van der Waals surface area contributed by atoms with Crippen molar-refractivity contribution in [3.63, 3.8) is 0 Å². The van der Waals surface area contributed by atoms with Crippen molar-refractivity contribution in [2.75, 3.05) is 0 Å². The van der Waals surface area contributed by atoms with E-state index in [0.29, 0.717) is 0 Å². The summed E-state index contributed by atoms with van der Waals surface area (Å²) in [7, 11) is 0. The SMILES string of the molecule is [CH2]Cc1c(F)c(F)cc(F)c1F. The highest BCUT2D eigenvalue weighted by atomic mass is 19.2. The molecule has 0 aliphatic heterocycles. The van der Waals surface area contributed by atoms with Gasteiger partial charge in [-0.05, 0) is 13.3 Å². The van der Waals surface area contributed by atoms with Crippen molar-refractivity contribution in [3.05, 3.63) is 41.8 Å². The zero-order valence-corrected chi connectivity index (χ0v) is 6.00. The summed E-state index contributed by atoms with van der Waals surface area (Å²) in [5.74, 6) is -5.53. The van der Waals surface area contributed by atoms with Crippen LogP contribution in [0.4, 0.5) is 17.6 Å². The van der Waals surface area contributed by atoms with Gasteiger partial charge in [0.2, 0.25) is 0 Å². The Morgan fingerprint density at radius 2 is 1.42 bits per heavy atom. The van der Waals surface area contributed by atoms with Crippen molar-refractivity contribution in [3.8, 4) is 0 Å². The van der Waals surface area contributed by atoms with Gasteiger partial charge in [-0.1, -0.05) is 0 Å². The molecule has 0 fully saturated rings. The molecule has 0 bridgehead atoms. The first-order valence-corrected chi connectivity index (χ1v) is 3.19. The van der Waals surface area contributed by atoms with Gasteiger partial charge >= 0.3 is 0 Å². The maximum Gasteiger partial charge on any atom is 0.165 e. The number of hydrogen-bond acceptors (Lipinski definition) is 0. The van der Waals surface area contributed by atoms with Gasteiger partial charge in [-0.3, -0.25) is 0 Å². The van der Waals surface area contributed by atoms with Crippen LogP contribution in [0.1, 0.15) is 5.56 Å². The summed E-state index contributed by atoms with van der Waals surface area (Å²) >= 11 is 0. The Bertz CT molecular complexity index is 280. The third-order valence-corrected chi connectivity index (χ3v) is 1.45. The molecule has 1 radical (unpaired) electrons. The van der Waals surface area contributed by atoms with Crippen LogP contribution >= 0.6 is 0 Å². The average Bonchev–Trinajstić information content (AvgIpc) is 2.02. The van der Waals surface area contributed by atoms with Gasteiger partial charge in [-0.25, -0.2) is 17.6 Å². The third kappa shape index (κ3) is 1.29. The molecule has 0 saturated carbocycles. The maximum absolute atomic E-state index is 12.6. The lowest BCUT2D eigenvalue weighted by Crippen LogP contribution is -2.00. The van der Waals surface area contributed by atoms with E-state index in [4.69, 9.17) is 0 Å². The molecule has 0 amide bonds. The molecule has 0 unspecified atom stereocenters. The van der Waals surface area contributed by atoms with Crippen molar-refractivity contribution in [1.29, 1.82) is 0 Å². The van der Waals surface area contributed by atoms with E-state index in [2.05, 4.69) is 6.92 Å².